The first-order valence-electron chi connectivity index (χ1n) is 8.50. The summed E-state index contributed by atoms with van der Waals surface area (Å²) in [6.45, 7) is 8.54. The van der Waals surface area contributed by atoms with Crippen LogP contribution in [0.25, 0.3) is 16.7 Å². The van der Waals surface area contributed by atoms with Gasteiger partial charge in [0.05, 0.1) is 16.2 Å². The molecule has 0 aliphatic carbocycles. The van der Waals surface area contributed by atoms with Crippen molar-refractivity contribution in [3.63, 3.8) is 0 Å². The smallest absolute Gasteiger partial charge is 0.263 e. The molecule has 1 N–H and O–H groups in total. The van der Waals surface area contributed by atoms with Gasteiger partial charge in [-0.05, 0) is 25.5 Å². The van der Waals surface area contributed by atoms with Crippen molar-refractivity contribution in [1.82, 2.24) is 24.5 Å². The molecule has 1 atom stereocenters. The Balaban J connectivity index is 2.12. The van der Waals surface area contributed by atoms with Crippen molar-refractivity contribution in [2.75, 3.05) is 6.54 Å². The minimum atomic E-state index is -0.326. The molecule has 0 fully saturated rings. The van der Waals surface area contributed by atoms with Crippen molar-refractivity contribution in [3.05, 3.63) is 47.3 Å². The molecule has 1 amide bonds. The summed E-state index contributed by atoms with van der Waals surface area (Å²) in [6.07, 6.45) is 2.54. The zero-order chi connectivity index (χ0) is 18.7. The molecule has 0 saturated heterocycles. The molecule has 7 nitrogen and oxygen atoms in total. The van der Waals surface area contributed by atoms with Gasteiger partial charge in [0.1, 0.15) is 0 Å². The summed E-state index contributed by atoms with van der Waals surface area (Å²) in [4.78, 5) is 24.9. The van der Waals surface area contributed by atoms with Gasteiger partial charge in [0, 0.05) is 13.1 Å². The predicted octanol–water partition coefficient (Wildman–Crippen LogP) is 2.24. The van der Waals surface area contributed by atoms with E-state index in [1.165, 1.54) is 16.3 Å². The summed E-state index contributed by atoms with van der Waals surface area (Å²) in [5, 5.41) is 12.1. The second-order valence-electron chi connectivity index (χ2n) is 5.89. The van der Waals surface area contributed by atoms with Crippen molar-refractivity contribution in [2.45, 2.75) is 37.2 Å². The Hall–Kier alpha value is -2.61. The van der Waals surface area contributed by atoms with Crippen LogP contribution in [-0.4, -0.2) is 36.9 Å². The van der Waals surface area contributed by atoms with Crippen molar-refractivity contribution >= 4 is 34.3 Å². The molecule has 0 saturated carbocycles. The van der Waals surface area contributed by atoms with Gasteiger partial charge in [-0.2, -0.15) is 0 Å². The molecular formula is C18H21N5O2S. The highest BCUT2D eigenvalue weighted by Gasteiger charge is 2.20. The van der Waals surface area contributed by atoms with E-state index in [-0.39, 0.29) is 16.7 Å². The maximum absolute atomic E-state index is 12.8. The minimum absolute atomic E-state index is 0.0441. The van der Waals surface area contributed by atoms with Crippen molar-refractivity contribution in [3.8, 4) is 0 Å². The number of fused-ring (bicyclic) bond motifs is 3. The van der Waals surface area contributed by atoms with Gasteiger partial charge in [-0.1, -0.05) is 36.9 Å². The lowest BCUT2D eigenvalue weighted by Gasteiger charge is -2.12. The van der Waals surface area contributed by atoms with Gasteiger partial charge in [0.25, 0.3) is 5.56 Å². The number of carbonyl (C=O) groups excluding carboxylic acids is 1. The van der Waals surface area contributed by atoms with Gasteiger partial charge in [-0.25, -0.2) is 0 Å². The molecule has 2 aromatic heterocycles. The van der Waals surface area contributed by atoms with Crippen LogP contribution < -0.4 is 10.9 Å². The lowest BCUT2D eigenvalue weighted by molar-refractivity contribution is -0.120. The molecule has 2 heterocycles. The Kier molecular flexibility index (Phi) is 5.41. The number of rotatable bonds is 7. The highest BCUT2D eigenvalue weighted by Crippen LogP contribution is 2.25. The first kappa shape index (κ1) is 18.2. The standard InChI is InChI=1S/C18H21N5O2S/c1-4-10-19-15(24)12(3)26-18-21-20-17-22(11-5-2)16(25)13-8-6-7-9-14(13)23(17)18/h5-9,12H,2,4,10-11H2,1,3H3,(H,19,24). The van der Waals surface area contributed by atoms with E-state index in [9.17, 15) is 9.59 Å². The monoisotopic (exact) mass is 371 g/mol. The highest BCUT2D eigenvalue weighted by atomic mass is 32.2. The maximum Gasteiger partial charge on any atom is 0.263 e. The first-order chi connectivity index (χ1) is 12.6. The molecule has 8 heteroatoms. The third-order valence-electron chi connectivity index (χ3n) is 3.99. The third kappa shape index (κ3) is 3.24. The van der Waals surface area contributed by atoms with Crippen molar-refractivity contribution in [1.29, 1.82) is 0 Å². The lowest BCUT2D eigenvalue weighted by Crippen LogP contribution is -2.31. The first-order valence-corrected chi connectivity index (χ1v) is 9.38. The average molecular weight is 371 g/mol. The van der Waals surface area contributed by atoms with Crippen LogP contribution in [0.3, 0.4) is 0 Å². The van der Waals surface area contributed by atoms with E-state index >= 15 is 0 Å². The van der Waals surface area contributed by atoms with E-state index in [1.807, 2.05) is 36.4 Å². The number of amides is 1. The topological polar surface area (TPSA) is 81.3 Å². The van der Waals surface area contributed by atoms with Crippen LogP contribution in [0.1, 0.15) is 20.3 Å². The molecular weight excluding hydrogens is 350 g/mol. The summed E-state index contributed by atoms with van der Waals surface area (Å²) in [5.41, 5.74) is 0.590. The highest BCUT2D eigenvalue weighted by molar-refractivity contribution is 8.00. The molecule has 0 spiro atoms. The van der Waals surface area contributed by atoms with Crippen LogP contribution in [0.4, 0.5) is 0 Å². The SMILES string of the molecule is C=CCn1c(=O)c2ccccc2n2c(SC(C)C(=O)NCCC)nnc12. The number of carbonyl (C=O) groups is 1. The fourth-order valence-electron chi connectivity index (χ4n) is 2.71. The summed E-state index contributed by atoms with van der Waals surface area (Å²) < 4.78 is 3.36. The molecule has 136 valence electrons. The molecule has 0 radical (unpaired) electrons. The van der Waals surface area contributed by atoms with Gasteiger partial charge >= 0.3 is 0 Å². The molecule has 3 aromatic rings. The second-order valence-corrected chi connectivity index (χ2v) is 7.20. The number of nitrogens with zero attached hydrogens (tertiary/aromatic N) is 4. The number of aromatic nitrogens is 4. The van der Waals surface area contributed by atoms with E-state index in [2.05, 4.69) is 22.1 Å². The fraction of sp³-hybridized carbons (Fsp3) is 0.333. The number of hydrogen-bond donors (Lipinski definition) is 1. The fourth-order valence-corrected chi connectivity index (χ4v) is 3.59. The lowest BCUT2D eigenvalue weighted by atomic mass is 10.2. The third-order valence-corrected chi connectivity index (χ3v) is 5.03. The molecule has 0 aliphatic heterocycles. The Morgan fingerprint density at radius 3 is 2.88 bits per heavy atom. The minimum Gasteiger partial charge on any atom is -0.355 e. The van der Waals surface area contributed by atoms with E-state index in [0.717, 1.165) is 11.9 Å². The predicted molar refractivity (Wildman–Crippen MR) is 104 cm³/mol. The van der Waals surface area contributed by atoms with E-state index in [0.29, 0.717) is 29.4 Å². The summed E-state index contributed by atoms with van der Waals surface area (Å²) in [7, 11) is 0. The van der Waals surface area contributed by atoms with Gasteiger partial charge in [0.2, 0.25) is 11.7 Å². The summed E-state index contributed by atoms with van der Waals surface area (Å²) >= 11 is 1.32. The number of allylic oxidation sites excluding steroid dienone is 1. The number of benzene rings is 1. The molecule has 1 aromatic carbocycles. The van der Waals surface area contributed by atoms with Gasteiger partial charge in [-0.3, -0.25) is 18.6 Å². The normalized spacial score (nSPS) is 12.4. The van der Waals surface area contributed by atoms with Gasteiger partial charge in [0.15, 0.2) is 5.16 Å². The van der Waals surface area contributed by atoms with E-state index in [1.54, 1.807) is 12.1 Å². The van der Waals surface area contributed by atoms with Crippen LogP contribution >= 0.6 is 11.8 Å². The Bertz CT molecular complexity index is 1020. The number of hydrogen-bond acceptors (Lipinski definition) is 5. The largest absolute Gasteiger partial charge is 0.355 e. The zero-order valence-electron chi connectivity index (χ0n) is 14.8. The molecule has 1 unspecified atom stereocenters. The summed E-state index contributed by atoms with van der Waals surface area (Å²) in [6, 6.07) is 7.33. The van der Waals surface area contributed by atoms with Crippen LogP contribution in [0.15, 0.2) is 46.9 Å². The van der Waals surface area contributed by atoms with Gasteiger partial charge < -0.3 is 5.32 Å². The van der Waals surface area contributed by atoms with E-state index in [4.69, 9.17) is 0 Å². The van der Waals surface area contributed by atoms with Crippen LogP contribution in [0.2, 0.25) is 0 Å². The summed E-state index contributed by atoms with van der Waals surface area (Å²) in [5.74, 6) is 0.398. The van der Waals surface area contributed by atoms with Gasteiger partial charge in [-0.15, -0.1) is 16.8 Å². The number of nitrogens with one attached hydrogen (secondary N) is 1. The zero-order valence-corrected chi connectivity index (χ0v) is 15.6. The molecule has 0 aliphatic rings. The second kappa shape index (κ2) is 7.74. The van der Waals surface area contributed by atoms with Crippen molar-refractivity contribution < 1.29 is 4.79 Å². The Morgan fingerprint density at radius 1 is 1.38 bits per heavy atom. The van der Waals surface area contributed by atoms with E-state index < -0.39 is 0 Å². The molecule has 26 heavy (non-hydrogen) atoms. The van der Waals surface area contributed by atoms with Crippen LogP contribution in [0, 0.1) is 0 Å². The van der Waals surface area contributed by atoms with Crippen LogP contribution in [-0.2, 0) is 11.3 Å². The van der Waals surface area contributed by atoms with Crippen LogP contribution in [0.5, 0.6) is 0 Å². The number of thioether (sulfide) groups is 1. The Labute approximate surface area is 155 Å². The quantitative estimate of drug-likeness (QED) is 0.509. The Morgan fingerprint density at radius 2 is 2.15 bits per heavy atom. The molecule has 0 bridgehead atoms. The molecule has 3 rings (SSSR count). The van der Waals surface area contributed by atoms with Crippen molar-refractivity contribution in [2.24, 2.45) is 0 Å². The average Bonchev–Trinajstić information content (AvgIpc) is 3.06. The number of para-hydroxylation sites is 1. The maximum atomic E-state index is 12.8.